The molecule has 23 heavy (non-hydrogen) atoms. The lowest BCUT2D eigenvalue weighted by atomic mass is 9.93. The van der Waals surface area contributed by atoms with E-state index in [4.69, 9.17) is 0 Å². The van der Waals surface area contributed by atoms with Crippen LogP contribution in [0.4, 0.5) is 13.2 Å². The van der Waals surface area contributed by atoms with Gasteiger partial charge in [-0.25, -0.2) is 0 Å². The summed E-state index contributed by atoms with van der Waals surface area (Å²) in [4.78, 5) is 11.4. The number of halogens is 4. The van der Waals surface area contributed by atoms with E-state index >= 15 is 0 Å². The van der Waals surface area contributed by atoms with Crippen LogP contribution in [0, 0.1) is 11.8 Å². The van der Waals surface area contributed by atoms with E-state index in [9.17, 15) is 18.0 Å². The molecule has 0 aliphatic heterocycles. The molecule has 5 heteroatoms. The highest BCUT2D eigenvalue weighted by molar-refractivity contribution is 9.10. The van der Waals surface area contributed by atoms with Crippen molar-refractivity contribution in [2.45, 2.75) is 18.5 Å². The van der Waals surface area contributed by atoms with Crippen molar-refractivity contribution in [2.24, 2.45) is 0 Å². The first-order valence-electron chi connectivity index (χ1n) is 6.79. The third kappa shape index (κ3) is 4.97. The predicted octanol–water partition coefficient (Wildman–Crippen LogP) is 5.11. The molecule has 0 heterocycles. The Morgan fingerprint density at radius 1 is 1.04 bits per heavy atom. The second-order valence-electron chi connectivity index (χ2n) is 4.83. The summed E-state index contributed by atoms with van der Waals surface area (Å²) in [7, 11) is 0. The van der Waals surface area contributed by atoms with Gasteiger partial charge in [-0.2, -0.15) is 13.2 Å². The number of Topliss-reactive ketones (excluding diaryl/α,β-unsaturated/α-hetero) is 1. The zero-order valence-corrected chi connectivity index (χ0v) is 13.5. The number of carbonyl (C=O) groups is 1. The molecule has 0 amide bonds. The molecule has 0 aromatic heterocycles. The molecule has 1 atom stereocenters. The summed E-state index contributed by atoms with van der Waals surface area (Å²) < 4.78 is 38.4. The summed E-state index contributed by atoms with van der Waals surface area (Å²) in [6, 6.07) is 15.8. The average Bonchev–Trinajstić information content (AvgIpc) is 2.52. The van der Waals surface area contributed by atoms with Gasteiger partial charge >= 0.3 is 6.18 Å². The molecule has 0 unspecified atom stereocenters. The van der Waals surface area contributed by atoms with Crippen molar-refractivity contribution in [3.63, 3.8) is 0 Å². The second kappa shape index (κ2) is 7.47. The van der Waals surface area contributed by atoms with Crippen LogP contribution < -0.4 is 0 Å². The van der Waals surface area contributed by atoms with E-state index in [1.807, 2.05) is 6.07 Å². The number of benzene rings is 2. The quantitative estimate of drug-likeness (QED) is 0.676. The third-order valence-electron chi connectivity index (χ3n) is 3.15. The second-order valence-corrected chi connectivity index (χ2v) is 5.69. The first-order chi connectivity index (χ1) is 10.9. The number of alkyl halides is 3. The van der Waals surface area contributed by atoms with Gasteiger partial charge < -0.3 is 0 Å². The maximum atomic E-state index is 12.6. The van der Waals surface area contributed by atoms with Crippen LogP contribution in [-0.4, -0.2) is 12.0 Å². The van der Waals surface area contributed by atoms with Gasteiger partial charge in [0.25, 0.3) is 0 Å². The first kappa shape index (κ1) is 17.3. The van der Waals surface area contributed by atoms with Gasteiger partial charge in [-0.05, 0) is 23.8 Å². The molecule has 0 bridgehead atoms. The molecular formula is C18H12BrF3O. The van der Waals surface area contributed by atoms with E-state index in [1.165, 1.54) is 0 Å². The normalized spacial score (nSPS) is 12.2. The van der Waals surface area contributed by atoms with E-state index < -0.39 is 24.3 Å². The Morgan fingerprint density at radius 2 is 1.65 bits per heavy atom. The third-order valence-corrected chi connectivity index (χ3v) is 3.87. The van der Waals surface area contributed by atoms with Crippen LogP contribution in [0.1, 0.15) is 23.5 Å². The zero-order chi connectivity index (χ0) is 16.9. The number of hydrogen-bond donors (Lipinski definition) is 0. The molecule has 0 radical (unpaired) electrons. The molecule has 0 fully saturated rings. The fraction of sp³-hybridized carbons (Fsp3) is 0.167. The minimum Gasteiger partial charge on any atom is -0.290 e. The van der Waals surface area contributed by atoms with Crippen molar-refractivity contribution in [2.75, 3.05) is 0 Å². The van der Waals surface area contributed by atoms with Crippen LogP contribution in [0.2, 0.25) is 0 Å². The van der Waals surface area contributed by atoms with Gasteiger partial charge in [0.2, 0.25) is 5.78 Å². The van der Waals surface area contributed by atoms with Gasteiger partial charge in [0.15, 0.2) is 0 Å². The van der Waals surface area contributed by atoms with Crippen LogP contribution in [-0.2, 0) is 4.79 Å². The minimum atomic E-state index is -4.85. The molecule has 0 N–H and O–H groups in total. The van der Waals surface area contributed by atoms with Crippen LogP contribution in [0.5, 0.6) is 0 Å². The van der Waals surface area contributed by atoms with Gasteiger partial charge in [-0.1, -0.05) is 64.2 Å². The van der Waals surface area contributed by atoms with Gasteiger partial charge in [0, 0.05) is 16.5 Å². The van der Waals surface area contributed by atoms with Gasteiger partial charge in [-0.15, -0.1) is 0 Å². The van der Waals surface area contributed by atoms with Crippen LogP contribution in [0.25, 0.3) is 0 Å². The van der Waals surface area contributed by atoms with E-state index in [0.29, 0.717) is 15.6 Å². The Labute approximate surface area is 140 Å². The van der Waals surface area contributed by atoms with E-state index in [1.54, 1.807) is 48.5 Å². The van der Waals surface area contributed by atoms with Crippen molar-refractivity contribution >= 4 is 21.7 Å². The summed E-state index contributed by atoms with van der Waals surface area (Å²) in [6.07, 6.45) is -5.56. The summed E-state index contributed by atoms with van der Waals surface area (Å²) in [6.45, 7) is 0. The molecule has 2 aromatic carbocycles. The number of rotatable bonds is 3. The SMILES string of the molecule is O=C(C[C@@H](C#Cc1ccccc1)c1ccccc1Br)C(F)(F)F. The highest BCUT2D eigenvalue weighted by Gasteiger charge is 2.39. The van der Waals surface area contributed by atoms with Crippen molar-refractivity contribution in [3.8, 4) is 11.8 Å². The minimum absolute atomic E-state index is 0.563. The molecule has 0 saturated heterocycles. The molecule has 1 nitrogen and oxygen atoms in total. The van der Waals surface area contributed by atoms with E-state index in [-0.39, 0.29) is 0 Å². The van der Waals surface area contributed by atoms with Crippen LogP contribution >= 0.6 is 15.9 Å². The van der Waals surface area contributed by atoms with Gasteiger partial charge in [0.05, 0.1) is 5.92 Å². The lowest BCUT2D eigenvalue weighted by Gasteiger charge is -2.13. The highest BCUT2D eigenvalue weighted by atomic mass is 79.9. The van der Waals surface area contributed by atoms with Crippen LogP contribution in [0.15, 0.2) is 59.1 Å². The number of carbonyl (C=O) groups excluding carboxylic acids is 1. The molecular weight excluding hydrogens is 369 g/mol. The molecule has 118 valence electrons. The average molecular weight is 381 g/mol. The maximum Gasteiger partial charge on any atom is 0.450 e. The fourth-order valence-corrected chi connectivity index (χ4v) is 2.55. The Morgan fingerprint density at radius 3 is 2.26 bits per heavy atom. The lowest BCUT2D eigenvalue weighted by Crippen LogP contribution is -2.24. The van der Waals surface area contributed by atoms with Crippen molar-refractivity contribution < 1.29 is 18.0 Å². The fourth-order valence-electron chi connectivity index (χ4n) is 1.99. The molecule has 2 aromatic rings. The summed E-state index contributed by atoms with van der Waals surface area (Å²) >= 11 is 3.30. The summed E-state index contributed by atoms with van der Waals surface area (Å²) in [5.74, 6) is 3.02. The van der Waals surface area contributed by atoms with Gasteiger partial charge in [0.1, 0.15) is 0 Å². The maximum absolute atomic E-state index is 12.6. The van der Waals surface area contributed by atoms with E-state index in [2.05, 4.69) is 27.8 Å². The van der Waals surface area contributed by atoms with Gasteiger partial charge in [-0.3, -0.25) is 4.79 Å². The largest absolute Gasteiger partial charge is 0.450 e. The summed E-state index contributed by atoms with van der Waals surface area (Å²) in [5, 5.41) is 0. The Hall–Kier alpha value is -2.06. The monoisotopic (exact) mass is 380 g/mol. The molecule has 0 aliphatic rings. The molecule has 0 aliphatic carbocycles. The van der Waals surface area contributed by atoms with E-state index in [0.717, 1.165) is 0 Å². The lowest BCUT2D eigenvalue weighted by molar-refractivity contribution is -0.171. The molecule has 2 rings (SSSR count). The Balaban J connectivity index is 2.35. The number of hydrogen-bond acceptors (Lipinski definition) is 1. The van der Waals surface area contributed by atoms with Crippen LogP contribution in [0.3, 0.4) is 0 Å². The van der Waals surface area contributed by atoms with Crippen molar-refractivity contribution in [3.05, 3.63) is 70.2 Å². The standard InChI is InChI=1S/C18H12BrF3O/c19-16-9-5-4-8-15(16)14(12-17(23)18(20,21)22)11-10-13-6-2-1-3-7-13/h1-9,14H,12H2/t14-/m1/s1. The molecule has 0 saturated carbocycles. The van der Waals surface area contributed by atoms with Crippen molar-refractivity contribution in [1.29, 1.82) is 0 Å². The predicted molar refractivity (Wildman–Crippen MR) is 85.9 cm³/mol. The first-order valence-corrected chi connectivity index (χ1v) is 7.58. The zero-order valence-electron chi connectivity index (χ0n) is 11.9. The number of ketones is 1. The van der Waals surface area contributed by atoms with Crippen molar-refractivity contribution in [1.82, 2.24) is 0 Å². The Kier molecular flexibility index (Phi) is 5.62. The topological polar surface area (TPSA) is 17.1 Å². The highest BCUT2D eigenvalue weighted by Crippen LogP contribution is 2.30. The Bertz CT molecular complexity index is 742. The summed E-state index contributed by atoms with van der Waals surface area (Å²) in [5.41, 5.74) is 1.25. The smallest absolute Gasteiger partial charge is 0.290 e. The molecule has 0 spiro atoms.